The second-order valence-electron chi connectivity index (χ2n) is 2.52. The predicted octanol–water partition coefficient (Wildman–Crippen LogP) is 3.91. The van der Waals surface area contributed by atoms with Crippen LogP contribution in [0.4, 0.5) is 17.8 Å². The molecule has 90 valence electrons. The average molecular weight is 260 g/mol. The molecule has 0 N–H and O–H groups in total. The molecule has 0 radical (unpaired) electrons. The second-order valence-corrected chi connectivity index (χ2v) is 3.87. The first-order chi connectivity index (χ1) is 7.52. The first kappa shape index (κ1) is 13.0. The molecule has 0 amide bonds. The lowest BCUT2D eigenvalue weighted by atomic mass is 10.2. The highest BCUT2D eigenvalue weighted by molar-refractivity contribution is 7.48. The first-order valence-electron chi connectivity index (χ1n) is 3.80. The maximum Gasteiger partial charge on any atom is 0.593 e. The molecule has 0 aliphatic carbocycles. The van der Waals surface area contributed by atoms with Crippen LogP contribution in [0.3, 0.4) is 0 Å². The number of alkyl halides is 2. The van der Waals surface area contributed by atoms with Crippen LogP contribution in [-0.4, -0.2) is 0 Å². The highest BCUT2D eigenvalue weighted by Gasteiger charge is 2.33. The molecule has 16 heavy (non-hydrogen) atoms. The Hall–Kier alpha value is -1.11. The fraction of sp³-hybridized carbons (Fsp3) is 0.143. The number of benzene rings is 1. The minimum absolute atomic E-state index is 0.697. The van der Waals surface area contributed by atoms with Gasteiger partial charge in [0.1, 0.15) is 5.75 Å². The van der Waals surface area contributed by atoms with Crippen molar-refractivity contribution in [1.82, 2.24) is 0 Å². The van der Waals surface area contributed by atoms with E-state index in [2.05, 4.69) is 14.0 Å². The van der Waals surface area contributed by atoms with Gasteiger partial charge in [0, 0.05) is 0 Å². The van der Waals surface area contributed by atoms with Crippen LogP contribution in [0, 0.1) is 0 Å². The molecule has 1 aromatic rings. The number of phosphoric acid groups is 1. The van der Waals surface area contributed by atoms with Crippen molar-refractivity contribution < 1.29 is 36.4 Å². The molecule has 4 nitrogen and oxygen atoms in total. The third-order valence-corrected chi connectivity index (χ3v) is 2.29. The third kappa shape index (κ3) is 2.94. The highest BCUT2D eigenvalue weighted by atomic mass is 31.2. The molecule has 1 aromatic carbocycles. The Morgan fingerprint density at radius 3 is 2.19 bits per heavy atom. The SMILES string of the molecule is O=P(OF)(OF)Oc1ccccc1C(F)F. The number of halogens is 4. The van der Waals surface area contributed by atoms with E-state index in [-0.39, 0.29) is 0 Å². The van der Waals surface area contributed by atoms with Gasteiger partial charge < -0.3 is 4.52 Å². The Morgan fingerprint density at radius 1 is 1.12 bits per heavy atom. The lowest BCUT2D eigenvalue weighted by molar-refractivity contribution is -0.107. The molecule has 0 atom stereocenters. The van der Waals surface area contributed by atoms with E-state index in [1.165, 1.54) is 12.1 Å². The molecular weight excluding hydrogens is 255 g/mol. The number of hydrogen-bond donors (Lipinski definition) is 0. The molecule has 0 spiro atoms. The van der Waals surface area contributed by atoms with Crippen LogP contribution in [0.1, 0.15) is 12.0 Å². The van der Waals surface area contributed by atoms with Crippen LogP contribution in [0.25, 0.3) is 0 Å². The molecule has 0 aromatic heterocycles. The molecule has 9 heteroatoms. The molecule has 0 saturated carbocycles. The molecule has 0 aliphatic rings. The largest absolute Gasteiger partial charge is 0.593 e. The maximum atomic E-state index is 12.4. The summed E-state index contributed by atoms with van der Waals surface area (Å²) < 4.78 is 68.1. The maximum absolute atomic E-state index is 12.4. The standard InChI is InChI=1S/C7H5F4O4P/c8-7(9)5-3-1-2-4-6(5)13-16(12,14-10)15-11/h1-4,7H. The van der Waals surface area contributed by atoms with Gasteiger partial charge in [-0.25, -0.2) is 13.3 Å². The van der Waals surface area contributed by atoms with Gasteiger partial charge in [0.25, 0.3) is 6.43 Å². The lowest BCUT2D eigenvalue weighted by Crippen LogP contribution is -1.97. The van der Waals surface area contributed by atoms with Crippen LogP contribution in [0.2, 0.25) is 0 Å². The summed E-state index contributed by atoms with van der Waals surface area (Å²) in [6, 6.07) is 4.35. The van der Waals surface area contributed by atoms with Gasteiger partial charge in [0.2, 0.25) is 0 Å². The second kappa shape index (κ2) is 5.29. The Kier molecular flexibility index (Phi) is 4.28. The summed E-state index contributed by atoms with van der Waals surface area (Å²) in [5.41, 5.74) is -0.697. The molecule has 0 unspecified atom stereocenters. The van der Waals surface area contributed by atoms with Crippen LogP contribution in [-0.2, 0) is 14.0 Å². The summed E-state index contributed by atoms with van der Waals surface area (Å²) in [6.07, 6.45) is -2.97. The number of para-hydroxylation sites is 1. The van der Waals surface area contributed by atoms with E-state index in [4.69, 9.17) is 0 Å². The molecule has 0 saturated heterocycles. The van der Waals surface area contributed by atoms with E-state index in [1.54, 1.807) is 0 Å². The van der Waals surface area contributed by atoms with E-state index < -0.39 is 25.6 Å². The molecule has 0 bridgehead atoms. The van der Waals surface area contributed by atoms with Crippen molar-refractivity contribution in [2.45, 2.75) is 6.43 Å². The Balaban J connectivity index is 3.01. The van der Waals surface area contributed by atoms with E-state index in [0.717, 1.165) is 12.1 Å². The molecule has 0 aliphatic heterocycles. The Bertz CT molecular complexity index is 392. The fourth-order valence-corrected chi connectivity index (χ4v) is 1.39. The monoisotopic (exact) mass is 260 g/mol. The lowest BCUT2D eigenvalue weighted by Gasteiger charge is -2.12. The summed E-state index contributed by atoms with van der Waals surface area (Å²) in [7, 11) is -5.14. The zero-order valence-electron chi connectivity index (χ0n) is 7.48. The van der Waals surface area contributed by atoms with Crippen molar-refractivity contribution in [3.8, 4) is 5.75 Å². The van der Waals surface area contributed by atoms with E-state index >= 15 is 0 Å². The summed E-state index contributed by atoms with van der Waals surface area (Å²) >= 11 is 0. The van der Waals surface area contributed by atoms with E-state index in [0.29, 0.717) is 0 Å². The van der Waals surface area contributed by atoms with Crippen molar-refractivity contribution in [2.24, 2.45) is 0 Å². The predicted molar refractivity (Wildman–Crippen MR) is 44.0 cm³/mol. The number of hydrogen-bond acceptors (Lipinski definition) is 4. The van der Waals surface area contributed by atoms with Gasteiger partial charge in [-0.2, -0.15) is 0 Å². The minimum Gasteiger partial charge on any atom is -0.400 e. The molecule has 0 heterocycles. The van der Waals surface area contributed by atoms with Gasteiger partial charge in [-0.15, -0.1) is 0 Å². The number of rotatable bonds is 5. The van der Waals surface area contributed by atoms with Crippen LogP contribution >= 0.6 is 7.82 Å². The zero-order chi connectivity index (χ0) is 12.2. The van der Waals surface area contributed by atoms with Gasteiger partial charge in [0.05, 0.1) is 5.56 Å². The van der Waals surface area contributed by atoms with Crippen LogP contribution < -0.4 is 4.52 Å². The van der Waals surface area contributed by atoms with Crippen LogP contribution in [0.5, 0.6) is 5.75 Å². The van der Waals surface area contributed by atoms with Gasteiger partial charge in [-0.05, 0) is 21.2 Å². The van der Waals surface area contributed by atoms with Crippen LogP contribution in [0.15, 0.2) is 24.3 Å². The summed E-state index contributed by atoms with van der Waals surface area (Å²) in [5, 5.41) is 0. The minimum atomic E-state index is -5.14. The van der Waals surface area contributed by atoms with Gasteiger partial charge >= 0.3 is 7.82 Å². The zero-order valence-corrected chi connectivity index (χ0v) is 8.37. The third-order valence-electron chi connectivity index (χ3n) is 1.53. The van der Waals surface area contributed by atoms with E-state index in [9.17, 15) is 22.4 Å². The topological polar surface area (TPSA) is 44.8 Å². The van der Waals surface area contributed by atoms with Gasteiger partial charge in [-0.1, -0.05) is 21.6 Å². The highest BCUT2D eigenvalue weighted by Crippen LogP contribution is 2.51. The van der Waals surface area contributed by atoms with Gasteiger partial charge in [-0.3, -0.25) is 0 Å². The van der Waals surface area contributed by atoms with Crippen molar-refractivity contribution >= 4 is 7.82 Å². The van der Waals surface area contributed by atoms with Gasteiger partial charge in [0.15, 0.2) is 0 Å². The average Bonchev–Trinajstić information content (AvgIpc) is 2.29. The Labute approximate surface area is 87.1 Å². The summed E-state index contributed by atoms with van der Waals surface area (Å²) in [4.78, 5) is 0. The Morgan fingerprint density at radius 2 is 1.69 bits per heavy atom. The smallest absolute Gasteiger partial charge is 0.400 e. The fourth-order valence-electron chi connectivity index (χ4n) is 0.903. The van der Waals surface area contributed by atoms with Crippen molar-refractivity contribution in [3.05, 3.63) is 29.8 Å². The first-order valence-corrected chi connectivity index (χ1v) is 5.26. The quantitative estimate of drug-likeness (QED) is 0.594. The molecule has 1 rings (SSSR count). The molecule has 0 fully saturated rings. The van der Waals surface area contributed by atoms with E-state index in [1.807, 2.05) is 0 Å². The summed E-state index contributed by atoms with van der Waals surface area (Å²) in [6.45, 7) is 0. The molecular formula is C7H5F4O4P. The normalized spacial score (nSPS) is 11.8. The summed E-state index contributed by atoms with van der Waals surface area (Å²) in [5.74, 6) is -0.698. The van der Waals surface area contributed by atoms with Crippen molar-refractivity contribution in [3.63, 3.8) is 0 Å². The van der Waals surface area contributed by atoms with Crippen molar-refractivity contribution in [2.75, 3.05) is 0 Å². The van der Waals surface area contributed by atoms with Crippen molar-refractivity contribution in [1.29, 1.82) is 0 Å².